The molecule has 3 heterocycles. The average Bonchev–Trinajstić information content (AvgIpc) is 2.97. The van der Waals surface area contributed by atoms with Gasteiger partial charge in [-0.15, -0.1) is 0 Å². The van der Waals surface area contributed by atoms with E-state index in [9.17, 15) is 0 Å². The van der Waals surface area contributed by atoms with Crippen molar-refractivity contribution in [1.29, 1.82) is 0 Å². The summed E-state index contributed by atoms with van der Waals surface area (Å²) in [5, 5.41) is 1.04. The Bertz CT molecular complexity index is 573. The van der Waals surface area contributed by atoms with Crippen LogP contribution in [0.25, 0.3) is 0 Å². The fourth-order valence-corrected chi connectivity index (χ4v) is 3.17. The molecule has 1 saturated heterocycles. The lowest BCUT2D eigenvalue weighted by Gasteiger charge is -2.35. The van der Waals surface area contributed by atoms with Crippen LogP contribution in [-0.4, -0.2) is 40.5 Å². The number of rotatable bonds is 4. The van der Waals surface area contributed by atoms with Crippen LogP contribution in [-0.2, 0) is 6.42 Å². The first kappa shape index (κ1) is 14.1. The van der Waals surface area contributed by atoms with Crippen LogP contribution in [0.3, 0.4) is 0 Å². The van der Waals surface area contributed by atoms with Crippen molar-refractivity contribution in [2.75, 3.05) is 41.7 Å². The Labute approximate surface area is 128 Å². The van der Waals surface area contributed by atoms with E-state index in [1.165, 1.54) is 11.5 Å². The van der Waals surface area contributed by atoms with E-state index in [2.05, 4.69) is 31.1 Å². The Morgan fingerprint density at radius 2 is 1.95 bits per heavy atom. The van der Waals surface area contributed by atoms with Crippen LogP contribution in [0, 0.1) is 0 Å². The van der Waals surface area contributed by atoms with Gasteiger partial charge in [-0.05, 0) is 18.6 Å². The topological polar surface area (TPSA) is 71.2 Å². The lowest BCUT2D eigenvalue weighted by molar-refractivity contribution is 0.645. The monoisotopic (exact) mass is 304 g/mol. The third-order valence-corrected chi connectivity index (χ3v) is 4.39. The third-order valence-electron chi connectivity index (χ3n) is 3.58. The zero-order chi connectivity index (χ0) is 14.7. The maximum absolute atomic E-state index is 5.68. The van der Waals surface area contributed by atoms with E-state index in [-0.39, 0.29) is 0 Å². The molecular formula is C14H20N6S. The second-order valence-corrected chi connectivity index (χ2v) is 5.90. The Kier molecular flexibility index (Phi) is 4.19. The highest BCUT2D eigenvalue weighted by Crippen LogP contribution is 2.21. The van der Waals surface area contributed by atoms with Crippen LogP contribution in [0.2, 0.25) is 0 Å². The van der Waals surface area contributed by atoms with E-state index in [1.54, 1.807) is 6.20 Å². The van der Waals surface area contributed by atoms with E-state index in [0.717, 1.165) is 55.8 Å². The smallest absolute Gasteiger partial charge is 0.205 e. The number of pyridine rings is 1. The highest BCUT2D eigenvalue weighted by Gasteiger charge is 2.20. The van der Waals surface area contributed by atoms with Crippen LogP contribution in [0.1, 0.15) is 19.2 Å². The molecule has 0 spiro atoms. The number of hydrogen-bond donors (Lipinski definition) is 1. The Hall–Kier alpha value is -1.89. The number of nitrogens with zero attached hydrogens (tertiary/aromatic N) is 5. The molecule has 2 aromatic heterocycles. The maximum atomic E-state index is 5.68. The van der Waals surface area contributed by atoms with Gasteiger partial charge in [0.05, 0.1) is 11.9 Å². The predicted octanol–water partition coefficient (Wildman–Crippen LogP) is 1.79. The van der Waals surface area contributed by atoms with Crippen LogP contribution in [0.5, 0.6) is 0 Å². The summed E-state index contributed by atoms with van der Waals surface area (Å²) >= 11 is 1.51. The lowest BCUT2D eigenvalue weighted by atomic mass is 10.3. The van der Waals surface area contributed by atoms with Crippen molar-refractivity contribution in [1.82, 2.24) is 14.3 Å². The van der Waals surface area contributed by atoms with Crippen LogP contribution in [0.4, 0.5) is 16.6 Å². The summed E-state index contributed by atoms with van der Waals surface area (Å²) in [6, 6.07) is 3.88. The quantitative estimate of drug-likeness (QED) is 0.928. The van der Waals surface area contributed by atoms with Crippen molar-refractivity contribution in [3.05, 3.63) is 24.2 Å². The lowest BCUT2D eigenvalue weighted by Crippen LogP contribution is -2.46. The first-order valence-corrected chi connectivity index (χ1v) is 8.07. The van der Waals surface area contributed by atoms with Crippen LogP contribution >= 0.6 is 11.5 Å². The van der Waals surface area contributed by atoms with Crippen molar-refractivity contribution in [3.8, 4) is 0 Å². The van der Waals surface area contributed by atoms with Crippen molar-refractivity contribution in [2.45, 2.75) is 19.8 Å². The normalized spacial score (nSPS) is 15.5. The van der Waals surface area contributed by atoms with Gasteiger partial charge in [0.1, 0.15) is 11.6 Å². The van der Waals surface area contributed by atoms with Crippen molar-refractivity contribution >= 4 is 28.2 Å². The summed E-state index contributed by atoms with van der Waals surface area (Å²) in [4.78, 5) is 13.6. The van der Waals surface area contributed by atoms with Gasteiger partial charge in [-0.1, -0.05) is 6.92 Å². The molecule has 6 nitrogen and oxygen atoms in total. The molecule has 0 aliphatic carbocycles. The molecule has 0 bridgehead atoms. The summed E-state index contributed by atoms with van der Waals surface area (Å²) in [7, 11) is 0. The molecule has 0 unspecified atom stereocenters. The molecule has 1 aliphatic rings. The number of aromatic nitrogens is 3. The molecule has 1 aliphatic heterocycles. The van der Waals surface area contributed by atoms with Gasteiger partial charge in [0.2, 0.25) is 5.13 Å². The van der Waals surface area contributed by atoms with Crippen LogP contribution < -0.4 is 15.5 Å². The fraction of sp³-hybridized carbons (Fsp3) is 0.500. The van der Waals surface area contributed by atoms with E-state index in [0.29, 0.717) is 5.69 Å². The molecule has 1 fully saturated rings. The average molecular weight is 304 g/mol. The van der Waals surface area contributed by atoms with Gasteiger partial charge >= 0.3 is 0 Å². The summed E-state index contributed by atoms with van der Waals surface area (Å²) in [5.74, 6) is 1.97. The van der Waals surface area contributed by atoms with Crippen molar-refractivity contribution < 1.29 is 0 Å². The number of aryl methyl sites for hydroxylation is 1. The maximum Gasteiger partial charge on any atom is 0.205 e. The number of anilines is 3. The van der Waals surface area contributed by atoms with E-state index in [1.807, 2.05) is 12.1 Å². The third kappa shape index (κ3) is 3.24. The van der Waals surface area contributed by atoms with Gasteiger partial charge in [-0.2, -0.15) is 4.37 Å². The predicted molar refractivity (Wildman–Crippen MR) is 87.0 cm³/mol. The first-order valence-electron chi connectivity index (χ1n) is 7.30. The number of hydrogen-bond acceptors (Lipinski definition) is 7. The summed E-state index contributed by atoms with van der Waals surface area (Å²) < 4.78 is 4.42. The second-order valence-electron chi connectivity index (χ2n) is 5.17. The number of nitrogen functional groups attached to an aromatic ring is 1. The molecule has 0 radical (unpaired) electrons. The fourth-order valence-electron chi connectivity index (χ4n) is 2.41. The Morgan fingerprint density at radius 1 is 1.19 bits per heavy atom. The molecular weight excluding hydrogens is 284 g/mol. The van der Waals surface area contributed by atoms with Gasteiger partial charge in [0.25, 0.3) is 0 Å². The van der Waals surface area contributed by atoms with E-state index >= 15 is 0 Å². The molecule has 3 rings (SSSR count). The molecule has 0 saturated carbocycles. The molecule has 0 aromatic carbocycles. The van der Waals surface area contributed by atoms with Gasteiger partial charge in [-0.3, -0.25) is 0 Å². The minimum absolute atomic E-state index is 0.703. The Morgan fingerprint density at radius 3 is 2.62 bits per heavy atom. The highest BCUT2D eigenvalue weighted by atomic mass is 32.1. The summed E-state index contributed by atoms with van der Waals surface area (Å²) in [6.07, 6.45) is 3.77. The number of piperazine rings is 1. The molecule has 0 amide bonds. The summed E-state index contributed by atoms with van der Waals surface area (Å²) in [5.41, 5.74) is 6.38. The number of nitrogens with two attached hydrogens (primary N) is 1. The van der Waals surface area contributed by atoms with Crippen LogP contribution in [0.15, 0.2) is 18.3 Å². The minimum atomic E-state index is 0.703. The molecule has 0 atom stereocenters. The SMILES string of the molecule is CCCc1nsc(N2CCN(c3ccc(N)cn3)CC2)n1. The van der Waals surface area contributed by atoms with Crippen molar-refractivity contribution in [3.63, 3.8) is 0 Å². The van der Waals surface area contributed by atoms with Gasteiger partial charge in [-0.25, -0.2) is 9.97 Å². The first-order chi connectivity index (χ1) is 10.3. The van der Waals surface area contributed by atoms with Gasteiger partial charge in [0.15, 0.2) is 0 Å². The molecule has 2 N–H and O–H groups in total. The van der Waals surface area contributed by atoms with E-state index < -0.39 is 0 Å². The molecule has 112 valence electrons. The molecule has 7 heteroatoms. The standard InChI is InChI=1S/C14H20N6S/c1-2-3-12-17-14(21-18-12)20-8-6-19(7-9-20)13-5-4-11(15)10-16-13/h4-5,10H,2-3,6-9,15H2,1H3. The minimum Gasteiger partial charge on any atom is -0.397 e. The molecule has 2 aromatic rings. The zero-order valence-corrected chi connectivity index (χ0v) is 13.0. The van der Waals surface area contributed by atoms with Gasteiger partial charge < -0.3 is 15.5 Å². The zero-order valence-electron chi connectivity index (χ0n) is 12.2. The highest BCUT2D eigenvalue weighted by molar-refractivity contribution is 7.09. The largest absolute Gasteiger partial charge is 0.397 e. The van der Waals surface area contributed by atoms with Crippen molar-refractivity contribution in [2.24, 2.45) is 0 Å². The van der Waals surface area contributed by atoms with Gasteiger partial charge in [0, 0.05) is 44.1 Å². The molecule has 21 heavy (non-hydrogen) atoms. The summed E-state index contributed by atoms with van der Waals surface area (Å²) in [6.45, 7) is 5.94. The second kappa shape index (κ2) is 6.26. The Balaban J connectivity index is 1.60. The van der Waals surface area contributed by atoms with E-state index in [4.69, 9.17) is 5.73 Å².